The van der Waals surface area contributed by atoms with Gasteiger partial charge >= 0.3 is 0 Å². The Morgan fingerprint density at radius 3 is 2.76 bits per heavy atom. The number of nitrogens with zero attached hydrogens (tertiary/aromatic N) is 5. The molecule has 0 N–H and O–H groups in total. The van der Waals surface area contributed by atoms with Gasteiger partial charge in [-0.25, -0.2) is 4.68 Å². The van der Waals surface area contributed by atoms with Gasteiger partial charge in [-0.05, 0) is 43.3 Å². The van der Waals surface area contributed by atoms with Crippen molar-refractivity contribution < 1.29 is 4.74 Å². The minimum absolute atomic E-state index is 0.297. The first-order valence-electron chi connectivity index (χ1n) is 5.37. The van der Waals surface area contributed by atoms with E-state index in [1.807, 2.05) is 32.9 Å². The number of aromatic nitrogens is 5. The van der Waals surface area contributed by atoms with Crippen molar-refractivity contribution in [1.29, 1.82) is 0 Å². The molecule has 6 heteroatoms. The average molecular weight is 233 g/mol. The van der Waals surface area contributed by atoms with Crippen LogP contribution in [-0.2, 0) is 5.54 Å². The van der Waals surface area contributed by atoms with E-state index in [4.69, 9.17) is 4.74 Å². The molecule has 0 bridgehead atoms. The number of aryl methyl sites for hydroxylation is 1. The molecular formula is C11H15N5O. The largest absolute Gasteiger partial charge is 0.489 e. The smallest absolute Gasteiger partial charge is 0.138 e. The highest BCUT2D eigenvalue weighted by Crippen LogP contribution is 2.16. The van der Waals surface area contributed by atoms with Gasteiger partial charge in [0, 0.05) is 5.69 Å². The highest BCUT2D eigenvalue weighted by molar-refractivity contribution is 5.19. The summed E-state index contributed by atoms with van der Waals surface area (Å²) in [6.45, 7) is 6.42. The summed E-state index contributed by atoms with van der Waals surface area (Å²) in [5, 5.41) is 11.1. The second kappa shape index (κ2) is 4.48. The van der Waals surface area contributed by atoms with Crippen molar-refractivity contribution in [3.05, 3.63) is 30.4 Å². The van der Waals surface area contributed by atoms with Crippen molar-refractivity contribution in [2.75, 3.05) is 6.61 Å². The van der Waals surface area contributed by atoms with E-state index in [2.05, 4.69) is 20.5 Å². The second-order valence-electron chi connectivity index (χ2n) is 4.49. The predicted octanol–water partition coefficient (Wildman–Crippen LogP) is 1.19. The van der Waals surface area contributed by atoms with Crippen molar-refractivity contribution >= 4 is 0 Å². The molecular weight excluding hydrogens is 218 g/mol. The van der Waals surface area contributed by atoms with Gasteiger partial charge in [0.2, 0.25) is 0 Å². The number of tetrazole rings is 1. The fourth-order valence-electron chi connectivity index (χ4n) is 1.30. The predicted molar refractivity (Wildman–Crippen MR) is 61.6 cm³/mol. The van der Waals surface area contributed by atoms with Crippen LogP contribution >= 0.6 is 0 Å². The quantitative estimate of drug-likeness (QED) is 0.793. The Kier molecular flexibility index (Phi) is 3.03. The minimum Gasteiger partial charge on any atom is -0.489 e. The van der Waals surface area contributed by atoms with E-state index in [9.17, 15) is 0 Å². The van der Waals surface area contributed by atoms with Gasteiger partial charge in [-0.2, -0.15) is 0 Å². The van der Waals surface area contributed by atoms with Crippen molar-refractivity contribution in [3.8, 4) is 5.75 Å². The molecule has 6 nitrogen and oxygen atoms in total. The normalized spacial score (nSPS) is 11.5. The first-order chi connectivity index (χ1) is 8.08. The molecule has 2 aromatic rings. The molecule has 0 amide bonds. The number of pyridine rings is 1. The molecule has 0 spiro atoms. The maximum Gasteiger partial charge on any atom is 0.138 e. The Morgan fingerprint density at radius 1 is 1.35 bits per heavy atom. The van der Waals surface area contributed by atoms with Crippen LogP contribution in [0.25, 0.3) is 0 Å². The van der Waals surface area contributed by atoms with Crippen molar-refractivity contribution in [3.63, 3.8) is 0 Å². The van der Waals surface area contributed by atoms with Crippen LogP contribution in [0.3, 0.4) is 0 Å². The topological polar surface area (TPSA) is 65.7 Å². The Hall–Kier alpha value is -1.98. The van der Waals surface area contributed by atoms with E-state index < -0.39 is 0 Å². The zero-order valence-corrected chi connectivity index (χ0v) is 10.2. The summed E-state index contributed by atoms with van der Waals surface area (Å²) in [6, 6.07) is 3.82. The van der Waals surface area contributed by atoms with Crippen LogP contribution in [0, 0.1) is 6.92 Å². The van der Waals surface area contributed by atoms with Crippen LogP contribution in [0.2, 0.25) is 0 Å². The summed E-state index contributed by atoms with van der Waals surface area (Å²) < 4.78 is 7.35. The summed E-state index contributed by atoms with van der Waals surface area (Å²) in [5.41, 5.74) is 0.672. The van der Waals surface area contributed by atoms with Gasteiger partial charge in [-0.1, -0.05) is 0 Å². The molecule has 17 heavy (non-hydrogen) atoms. The highest BCUT2D eigenvalue weighted by atomic mass is 16.5. The summed E-state index contributed by atoms with van der Waals surface area (Å²) >= 11 is 0. The summed E-state index contributed by atoms with van der Waals surface area (Å²) in [6.07, 6.45) is 3.29. The van der Waals surface area contributed by atoms with E-state index in [-0.39, 0.29) is 5.54 Å². The lowest BCUT2D eigenvalue weighted by Gasteiger charge is -2.23. The van der Waals surface area contributed by atoms with E-state index in [0.717, 1.165) is 11.4 Å². The standard InChI is InChI=1S/C11H15N5O/c1-9-4-5-10(6-12-9)17-7-11(2,3)16-8-13-14-15-16/h4-6,8H,7H2,1-3H3. The van der Waals surface area contributed by atoms with Gasteiger partial charge < -0.3 is 4.74 Å². The van der Waals surface area contributed by atoms with Crippen LogP contribution in [0.4, 0.5) is 0 Å². The molecule has 2 aromatic heterocycles. The summed E-state index contributed by atoms with van der Waals surface area (Å²) in [5.74, 6) is 0.747. The third-order valence-electron chi connectivity index (χ3n) is 2.45. The van der Waals surface area contributed by atoms with Gasteiger partial charge in [0.25, 0.3) is 0 Å². The molecule has 0 radical (unpaired) electrons. The fraction of sp³-hybridized carbons (Fsp3) is 0.455. The Morgan fingerprint density at radius 2 is 2.18 bits per heavy atom. The first kappa shape index (κ1) is 11.5. The lowest BCUT2D eigenvalue weighted by atomic mass is 10.1. The highest BCUT2D eigenvalue weighted by Gasteiger charge is 2.22. The second-order valence-corrected chi connectivity index (χ2v) is 4.49. The Bertz CT molecular complexity index is 463. The number of ether oxygens (including phenoxy) is 1. The molecule has 90 valence electrons. The van der Waals surface area contributed by atoms with Gasteiger partial charge in [-0.3, -0.25) is 4.98 Å². The lowest BCUT2D eigenvalue weighted by Crippen LogP contribution is -2.34. The molecule has 0 fully saturated rings. The molecule has 0 aliphatic carbocycles. The molecule has 0 saturated carbocycles. The Balaban J connectivity index is 2.00. The maximum atomic E-state index is 5.67. The SMILES string of the molecule is Cc1ccc(OCC(C)(C)n2cnnn2)cn1. The molecule has 2 rings (SSSR count). The van der Waals surface area contributed by atoms with E-state index in [0.29, 0.717) is 6.61 Å². The first-order valence-corrected chi connectivity index (χ1v) is 5.37. The molecule has 0 aliphatic rings. The Labute approximate surface area is 99.6 Å². The summed E-state index contributed by atoms with van der Waals surface area (Å²) in [4.78, 5) is 4.17. The number of hydrogen-bond acceptors (Lipinski definition) is 5. The molecule has 2 heterocycles. The van der Waals surface area contributed by atoms with Crippen LogP contribution in [-0.4, -0.2) is 31.8 Å². The van der Waals surface area contributed by atoms with Crippen molar-refractivity contribution in [1.82, 2.24) is 25.2 Å². The van der Waals surface area contributed by atoms with Crippen LogP contribution < -0.4 is 4.74 Å². The molecule has 0 aliphatic heterocycles. The average Bonchev–Trinajstić information content (AvgIpc) is 2.82. The van der Waals surface area contributed by atoms with Crippen molar-refractivity contribution in [2.24, 2.45) is 0 Å². The van der Waals surface area contributed by atoms with Gasteiger partial charge in [0.1, 0.15) is 18.7 Å². The number of rotatable bonds is 4. The van der Waals surface area contributed by atoms with E-state index in [1.54, 1.807) is 17.2 Å². The third-order valence-corrected chi connectivity index (χ3v) is 2.45. The molecule has 0 aromatic carbocycles. The van der Waals surface area contributed by atoms with E-state index in [1.165, 1.54) is 0 Å². The van der Waals surface area contributed by atoms with E-state index >= 15 is 0 Å². The van der Waals surface area contributed by atoms with Crippen LogP contribution in [0.1, 0.15) is 19.5 Å². The van der Waals surface area contributed by atoms with Gasteiger partial charge in [0.15, 0.2) is 0 Å². The summed E-state index contributed by atoms with van der Waals surface area (Å²) in [7, 11) is 0. The third kappa shape index (κ3) is 2.77. The van der Waals surface area contributed by atoms with Crippen molar-refractivity contribution in [2.45, 2.75) is 26.3 Å². The van der Waals surface area contributed by atoms with Crippen LogP contribution in [0.5, 0.6) is 5.75 Å². The fourth-order valence-corrected chi connectivity index (χ4v) is 1.30. The van der Waals surface area contributed by atoms with Gasteiger partial charge in [-0.15, -0.1) is 5.10 Å². The monoisotopic (exact) mass is 233 g/mol. The van der Waals surface area contributed by atoms with Crippen LogP contribution in [0.15, 0.2) is 24.7 Å². The molecule has 0 saturated heterocycles. The van der Waals surface area contributed by atoms with Gasteiger partial charge in [0.05, 0.1) is 11.7 Å². The maximum absolute atomic E-state index is 5.67. The zero-order chi connectivity index (χ0) is 12.3. The minimum atomic E-state index is -0.297. The zero-order valence-electron chi connectivity index (χ0n) is 10.2. The number of hydrogen-bond donors (Lipinski definition) is 0. The lowest BCUT2D eigenvalue weighted by molar-refractivity contribution is 0.167. The molecule has 0 atom stereocenters. The molecule has 0 unspecified atom stereocenters.